The lowest BCUT2D eigenvalue weighted by Gasteiger charge is -2.63. The average Bonchev–Trinajstić information content (AvgIpc) is 3.02. The molecule has 6 heteroatoms. The summed E-state index contributed by atoms with van der Waals surface area (Å²) < 4.78 is 12.3. The highest BCUT2D eigenvalue weighted by atomic mass is 79.9. The van der Waals surface area contributed by atoms with Crippen molar-refractivity contribution in [2.45, 2.75) is 66.3 Å². The molecule has 0 heterocycles. The van der Waals surface area contributed by atoms with Crippen molar-refractivity contribution in [2.75, 3.05) is 0 Å². The van der Waals surface area contributed by atoms with Crippen LogP contribution in [0, 0.1) is 22.7 Å². The number of allylic oxidation sites excluding steroid dienone is 4. The highest BCUT2D eigenvalue weighted by Gasteiger charge is 2.74. The predicted molar refractivity (Wildman–Crippen MR) is 133 cm³/mol. The minimum atomic E-state index is -1.26. The third-order valence-corrected chi connectivity index (χ3v) is 14.2. The summed E-state index contributed by atoms with van der Waals surface area (Å²) in [5.41, 5.74) is 1.27. The fraction of sp³-hybridized carbons (Fsp3) is 0.577. The summed E-state index contributed by atoms with van der Waals surface area (Å²) in [5.74, 6) is 0.902. The van der Waals surface area contributed by atoms with Crippen molar-refractivity contribution in [1.29, 1.82) is 0 Å². The van der Waals surface area contributed by atoms with Gasteiger partial charge in [0.25, 0.3) is 0 Å². The molecule has 5 rings (SSSR count). The molecular weight excluding hydrogens is 508 g/mol. The largest absolute Gasteiger partial charge is 0.615 e. The molecule has 4 aliphatic rings. The lowest BCUT2D eigenvalue weighted by Crippen LogP contribution is -2.67. The molecule has 1 aromatic carbocycles. The van der Waals surface area contributed by atoms with Crippen molar-refractivity contribution in [3.8, 4) is 0 Å². The maximum absolute atomic E-state index is 13.7. The van der Waals surface area contributed by atoms with Crippen molar-refractivity contribution in [3.05, 3.63) is 59.7 Å². The van der Waals surface area contributed by atoms with E-state index in [1.165, 1.54) is 0 Å². The van der Waals surface area contributed by atoms with Crippen LogP contribution in [0.25, 0.3) is 0 Å². The second-order valence-electron chi connectivity index (χ2n) is 10.5. The number of fused-ring (bicyclic) bond motifs is 5. The topological polar surface area (TPSA) is 60.4 Å². The van der Waals surface area contributed by atoms with Gasteiger partial charge in [0.05, 0.1) is 10.4 Å². The molecule has 3 saturated carbocycles. The number of hydrogen-bond donors (Lipinski definition) is 1. The standard InChI is InChI=1S/C26H30BrClO3S/c1-23-12-10-19(29)14-18(23)8-9-21-20-11-13-25(28,24(20,2)15-22(30)26(21,23)27)32(31)16-17-6-4-3-5-7-17/h3-7,10,12,14,20-22,30H,8-9,11,13,15-16H2,1-2H3/t20-,21-,22-,23-,24-,25-,26-,32?/m0/s1. The Morgan fingerprint density at radius 3 is 2.66 bits per heavy atom. The van der Waals surface area contributed by atoms with E-state index in [1.807, 2.05) is 36.4 Å². The normalized spacial score (nSPS) is 46.1. The van der Waals surface area contributed by atoms with Crippen LogP contribution in [0.15, 0.2) is 54.1 Å². The Balaban J connectivity index is 1.50. The summed E-state index contributed by atoms with van der Waals surface area (Å²) in [6.45, 7) is 4.30. The minimum Gasteiger partial charge on any atom is -0.615 e. The van der Waals surface area contributed by atoms with Crippen molar-refractivity contribution in [2.24, 2.45) is 22.7 Å². The van der Waals surface area contributed by atoms with Crippen molar-refractivity contribution in [3.63, 3.8) is 0 Å². The molecule has 1 aromatic rings. The van der Waals surface area contributed by atoms with Crippen LogP contribution in [0.4, 0.5) is 0 Å². The van der Waals surface area contributed by atoms with Crippen LogP contribution in [0.1, 0.15) is 51.5 Å². The highest BCUT2D eigenvalue weighted by Crippen LogP contribution is 2.72. The molecule has 0 spiro atoms. The summed E-state index contributed by atoms with van der Waals surface area (Å²) >= 11 is 10.1. The van der Waals surface area contributed by atoms with Crippen LogP contribution in [-0.2, 0) is 21.7 Å². The zero-order chi connectivity index (χ0) is 22.9. The molecule has 0 bridgehead atoms. The smallest absolute Gasteiger partial charge is 0.204 e. The molecule has 4 aliphatic carbocycles. The van der Waals surface area contributed by atoms with Gasteiger partial charge in [0.1, 0.15) is 5.75 Å². The molecule has 172 valence electrons. The van der Waals surface area contributed by atoms with E-state index in [-0.39, 0.29) is 17.6 Å². The van der Waals surface area contributed by atoms with Gasteiger partial charge in [-0.15, -0.1) is 0 Å². The van der Waals surface area contributed by atoms with Crippen LogP contribution in [0.5, 0.6) is 0 Å². The van der Waals surface area contributed by atoms with Crippen LogP contribution in [0.2, 0.25) is 0 Å². The number of carbonyl (C=O) groups excluding carboxylic acids is 1. The van der Waals surface area contributed by atoms with E-state index in [0.29, 0.717) is 18.6 Å². The number of benzene rings is 1. The molecule has 3 nitrogen and oxygen atoms in total. The maximum Gasteiger partial charge on any atom is 0.204 e. The Bertz CT molecular complexity index is 998. The monoisotopic (exact) mass is 536 g/mol. The average molecular weight is 538 g/mol. The van der Waals surface area contributed by atoms with Gasteiger partial charge >= 0.3 is 0 Å². The molecular formula is C26H30BrClO3S. The third-order valence-electron chi connectivity index (χ3n) is 9.16. The van der Waals surface area contributed by atoms with Gasteiger partial charge < -0.3 is 9.66 Å². The maximum atomic E-state index is 13.7. The first-order valence-corrected chi connectivity index (χ1v) is 14.0. The quantitative estimate of drug-likeness (QED) is 0.399. The Morgan fingerprint density at radius 1 is 1.22 bits per heavy atom. The number of hydrogen-bond acceptors (Lipinski definition) is 3. The summed E-state index contributed by atoms with van der Waals surface area (Å²) in [6.07, 6.45) is 8.56. The van der Waals surface area contributed by atoms with Gasteiger partial charge in [-0.25, -0.2) is 0 Å². The number of carbonyl (C=O) groups is 1. The Kier molecular flexibility index (Phi) is 5.58. The lowest BCUT2D eigenvalue weighted by molar-refractivity contribution is -0.111. The zero-order valence-electron chi connectivity index (χ0n) is 18.5. The first-order chi connectivity index (χ1) is 15.1. The SMILES string of the molecule is C[C@]12C=CC(=O)C=C1CC[C@H]1[C@@H]3CC[C@](Cl)([S+]([O-])Cc4ccccc4)[C@@]3(C)C[C@H](O)[C@@]12Br. The molecule has 0 saturated heterocycles. The highest BCUT2D eigenvalue weighted by molar-refractivity contribution is 9.10. The van der Waals surface area contributed by atoms with E-state index >= 15 is 0 Å². The summed E-state index contributed by atoms with van der Waals surface area (Å²) in [4.78, 5) is 12.1. The van der Waals surface area contributed by atoms with Gasteiger partial charge in [0, 0.05) is 22.8 Å². The van der Waals surface area contributed by atoms with Gasteiger partial charge in [0.15, 0.2) is 5.78 Å². The third kappa shape index (κ3) is 2.97. The molecule has 0 aromatic heterocycles. The summed E-state index contributed by atoms with van der Waals surface area (Å²) in [6, 6.07) is 9.89. The number of aliphatic hydroxyl groups is 1. The number of ketones is 1. The summed E-state index contributed by atoms with van der Waals surface area (Å²) in [7, 11) is 0. The van der Waals surface area contributed by atoms with E-state index < -0.39 is 36.6 Å². The van der Waals surface area contributed by atoms with E-state index in [2.05, 4.69) is 29.8 Å². The molecule has 32 heavy (non-hydrogen) atoms. The van der Waals surface area contributed by atoms with E-state index in [9.17, 15) is 14.5 Å². The fourth-order valence-corrected chi connectivity index (χ4v) is 10.8. The van der Waals surface area contributed by atoms with Crippen LogP contribution < -0.4 is 0 Å². The van der Waals surface area contributed by atoms with Gasteiger partial charge in [-0.05, 0) is 60.8 Å². The second-order valence-corrected chi connectivity index (χ2v) is 14.4. The summed E-state index contributed by atoms with van der Waals surface area (Å²) in [5, 5.41) is 11.7. The Labute approximate surface area is 207 Å². The Hall–Kier alpha value is -0.590. The number of rotatable bonds is 3. The lowest BCUT2D eigenvalue weighted by atomic mass is 9.47. The minimum absolute atomic E-state index is 0.0270. The van der Waals surface area contributed by atoms with Crippen molar-refractivity contribution < 1.29 is 14.5 Å². The molecule has 0 amide bonds. The van der Waals surface area contributed by atoms with E-state index in [4.69, 9.17) is 11.6 Å². The van der Waals surface area contributed by atoms with Crippen molar-refractivity contribution >= 4 is 44.5 Å². The van der Waals surface area contributed by atoms with Gasteiger partial charge in [-0.1, -0.05) is 83.4 Å². The molecule has 0 aliphatic heterocycles. The molecule has 1 unspecified atom stereocenters. The number of alkyl halides is 2. The fourth-order valence-electron chi connectivity index (χ4n) is 7.36. The first kappa shape index (κ1) is 23.2. The number of aliphatic hydroxyl groups excluding tert-OH is 1. The first-order valence-electron chi connectivity index (χ1n) is 11.5. The molecule has 1 N–H and O–H groups in total. The second kappa shape index (κ2) is 7.71. The Morgan fingerprint density at radius 2 is 1.94 bits per heavy atom. The van der Waals surface area contributed by atoms with Gasteiger partial charge in [-0.2, -0.15) is 0 Å². The molecule has 8 atom stereocenters. The zero-order valence-corrected chi connectivity index (χ0v) is 21.7. The van der Waals surface area contributed by atoms with Gasteiger partial charge in [0.2, 0.25) is 4.21 Å². The van der Waals surface area contributed by atoms with Gasteiger partial charge in [-0.3, -0.25) is 4.79 Å². The number of halogens is 2. The van der Waals surface area contributed by atoms with Crippen LogP contribution in [0.3, 0.4) is 0 Å². The predicted octanol–water partition coefficient (Wildman–Crippen LogP) is 5.67. The molecule has 0 radical (unpaired) electrons. The van der Waals surface area contributed by atoms with Crippen molar-refractivity contribution in [1.82, 2.24) is 0 Å². The van der Waals surface area contributed by atoms with Crippen LogP contribution in [-0.4, -0.2) is 30.1 Å². The van der Waals surface area contributed by atoms with Crippen LogP contribution >= 0.6 is 27.5 Å². The van der Waals surface area contributed by atoms with E-state index in [0.717, 1.165) is 30.4 Å². The van der Waals surface area contributed by atoms with E-state index in [1.54, 1.807) is 12.2 Å². The molecule has 3 fully saturated rings.